The average molecular weight is 214 g/mol. The van der Waals surface area contributed by atoms with Crippen LogP contribution in [0.15, 0.2) is 35.4 Å². The number of nitrogens with zero attached hydrogens (tertiary/aromatic N) is 2. The monoisotopic (exact) mass is 213 g/mol. The van der Waals surface area contributed by atoms with Crippen molar-refractivity contribution >= 4 is 17.7 Å². The van der Waals surface area contributed by atoms with Gasteiger partial charge in [0.15, 0.2) is 0 Å². The van der Waals surface area contributed by atoms with Gasteiger partial charge in [-0.15, -0.1) is 5.10 Å². The maximum Gasteiger partial charge on any atom is 0.243 e. The van der Waals surface area contributed by atoms with E-state index in [1.165, 1.54) is 0 Å². The van der Waals surface area contributed by atoms with Crippen molar-refractivity contribution in [1.82, 2.24) is 9.95 Å². The number of hydrogen-bond acceptors (Lipinski definition) is 3. The van der Waals surface area contributed by atoms with Crippen LogP contribution in [-0.2, 0) is 6.54 Å². The van der Waals surface area contributed by atoms with E-state index >= 15 is 0 Å². The fourth-order valence-corrected chi connectivity index (χ4v) is 0.992. The van der Waals surface area contributed by atoms with Crippen LogP contribution in [0, 0.1) is 0 Å². The number of halogens is 1. The smallest absolute Gasteiger partial charge is 0.243 e. The third-order valence-corrected chi connectivity index (χ3v) is 1.89. The lowest BCUT2D eigenvalue weighted by Crippen LogP contribution is -2.40. The van der Waals surface area contributed by atoms with Gasteiger partial charge in [-0.25, -0.2) is 5.43 Å². The van der Waals surface area contributed by atoms with Gasteiger partial charge in [-0.1, -0.05) is 30.3 Å². The number of benzene rings is 1. The van der Waals surface area contributed by atoms with Gasteiger partial charge >= 0.3 is 0 Å². The van der Waals surface area contributed by atoms with Crippen molar-refractivity contribution < 1.29 is 0 Å². The number of nitrogens with one attached hydrogen (secondary N) is 1. The van der Waals surface area contributed by atoms with Crippen molar-refractivity contribution in [3.05, 3.63) is 35.9 Å². The van der Waals surface area contributed by atoms with Gasteiger partial charge in [0.1, 0.15) is 0 Å². The zero-order valence-electron chi connectivity index (χ0n) is 7.52. The zero-order chi connectivity index (χ0) is 10.4. The van der Waals surface area contributed by atoms with Crippen LogP contribution in [0.1, 0.15) is 5.56 Å². The Kier molecular flexibility index (Phi) is 4.03. The summed E-state index contributed by atoms with van der Waals surface area (Å²) in [4.78, 5) is 0. The first kappa shape index (κ1) is 10.6. The number of rotatable bonds is 3. The van der Waals surface area contributed by atoms with Gasteiger partial charge in [-0.05, 0) is 5.56 Å². The molecule has 76 valence electrons. The quantitative estimate of drug-likeness (QED) is 0.222. The lowest BCUT2D eigenvalue weighted by Gasteiger charge is -2.14. The van der Waals surface area contributed by atoms with E-state index in [9.17, 15) is 0 Å². The molecule has 0 unspecified atom stereocenters. The highest BCUT2D eigenvalue weighted by Crippen LogP contribution is 1.98. The van der Waals surface area contributed by atoms with Crippen LogP contribution in [0.3, 0.4) is 0 Å². The van der Waals surface area contributed by atoms with Gasteiger partial charge in [-0.3, -0.25) is 0 Å². The van der Waals surface area contributed by atoms with Crippen LogP contribution in [0.4, 0.5) is 0 Å². The molecular formula is C8H12ClN5. The summed E-state index contributed by atoms with van der Waals surface area (Å²) in [6, 6.07) is 9.75. The molecule has 0 aliphatic rings. The van der Waals surface area contributed by atoms with Gasteiger partial charge in [-0.2, -0.15) is 4.53 Å². The van der Waals surface area contributed by atoms with E-state index in [4.69, 9.17) is 23.4 Å². The first-order valence-electron chi connectivity index (χ1n) is 4.00. The first-order valence-corrected chi connectivity index (χ1v) is 4.34. The molecule has 0 aliphatic carbocycles. The lowest BCUT2D eigenvalue weighted by molar-refractivity contribution is 0.465. The van der Waals surface area contributed by atoms with Crippen LogP contribution < -0.4 is 17.0 Å². The summed E-state index contributed by atoms with van der Waals surface area (Å²) in [5, 5.41) is 3.23. The maximum absolute atomic E-state index is 5.67. The Hall–Kier alpha value is -1.46. The Morgan fingerprint density at radius 2 is 2.07 bits per heavy atom. The summed E-state index contributed by atoms with van der Waals surface area (Å²) < 4.78 is 1.05. The predicted octanol–water partition coefficient (Wildman–Crippen LogP) is 0.335. The highest BCUT2D eigenvalue weighted by Gasteiger charge is 2.02. The molecule has 0 saturated carbocycles. The van der Waals surface area contributed by atoms with Crippen molar-refractivity contribution in [2.45, 2.75) is 6.54 Å². The molecule has 0 aliphatic heterocycles. The largest absolute Gasteiger partial charge is 0.366 e. The summed E-state index contributed by atoms with van der Waals surface area (Å²) in [5.41, 5.74) is 9.24. The Morgan fingerprint density at radius 1 is 1.43 bits per heavy atom. The molecule has 0 spiro atoms. The highest BCUT2D eigenvalue weighted by atomic mass is 35.5. The van der Waals surface area contributed by atoms with E-state index in [0.29, 0.717) is 6.54 Å². The van der Waals surface area contributed by atoms with E-state index in [-0.39, 0.29) is 5.96 Å². The molecular weight excluding hydrogens is 202 g/mol. The van der Waals surface area contributed by atoms with Gasteiger partial charge in [0.2, 0.25) is 5.96 Å². The van der Waals surface area contributed by atoms with Crippen LogP contribution in [0.5, 0.6) is 0 Å². The van der Waals surface area contributed by atoms with Crippen molar-refractivity contribution in [2.24, 2.45) is 16.7 Å². The maximum atomic E-state index is 5.67. The second kappa shape index (κ2) is 5.31. The van der Waals surface area contributed by atoms with E-state index in [0.717, 1.165) is 10.1 Å². The molecule has 1 aromatic rings. The van der Waals surface area contributed by atoms with Crippen LogP contribution in [-0.4, -0.2) is 10.5 Å². The van der Waals surface area contributed by atoms with Crippen molar-refractivity contribution in [3.8, 4) is 0 Å². The van der Waals surface area contributed by atoms with Gasteiger partial charge in [0.05, 0.1) is 0 Å². The number of hydrazine groups is 1. The molecule has 0 fully saturated rings. The molecule has 5 N–H and O–H groups in total. The van der Waals surface area contributed by atoms with Gasteiger partial charge in [0, 0.05) is 18.3 Å². The molecule has 5 nitrogen and oxygen atoms in total. The minimum Gasteiger partial charge on any atom is -0.366 e. The Balaban J connectivity index is 2.42. The number of hydrogen-bond donors (Lipinski definition) is 3. The summed E-state index contributed by atoms with van der Waals surface area (Å²) in [6.45, 7) is 0.556. The number of hydrazone groups is 1. The highest BCUT2D eigenvalue weighted by molar-refractivity contribution is 6.21. The third kappa shape index (κ3) is 3.12. The fraction of sp³-hybridized carbons (Fsp3) is 0.125. The standard InChI is InChI=1S/C8H12ClN5/c9-14(8(10)13-11)12-6-7-4-2-1-3-5-7/h1-5,12H,6,11H2,(H2,10,13). The van der Waals surface area contributed by atoms with Gasteiger partial charge < -0.3 is 11.6 Å². The van der Waals surface area contributed by atoms with Gasteiger partial charge in [0.25, 0.3) is 0 Å². The second-order valence-corrected chi connectivity index (χ2v) is 2.93. The molecule has 1 rings (SSSR count). The number of guanidine groups is 1. The molecule has 6 heteroatoms. The van der Waals surface area contributed by atoms with E-state index < -0.39 is 0 Å². The second-order valence-electron chi connectivity index (χ2n) is 2.59. The zero-order valence-corrected chi connectivity index (χ0v) is 8.28. The van der Waals surface area contributed by atoms with E-state index in [1.54, 1.807) is 0 Å². The summed E-state index contributed by atoms with van der Waals surface area (Å²) >= 11 is 5.67. The molecule has 14 heavy (non-hydrogen) atoms. The van der Waals surface area contributed by atoms with Crippen molar-refractivity contribution in [3.63, 3.8) is 0 Å². The average Bonchev–Trinajstić information content (AvgIpc) is 2.26. The lowest BCUT2D eigenvalue weighted by atomic mass is 10.2. The van der Waals surface area contributed by atoms with E-state index in [1.807, 2.05) is 30.3 Å². The molecule has 0 radical (unpaired) electrons. The molecule has 0 heterocycles. The Labute approximate surface area is 87.4 Å². The number of nitrogens with two attached hydrogens (primary N) is 2. The Bertz CT molecular complexity index is 300. The minimum absolute atomic E-state index is 0.0163. The molecule has 0 saturated heterocycles. The molecule has 0 aromatic heterocycles. The summed E-state index contributed by atoms with van der Waals surface area (Å²) in [6.07, 6.45) is 0. The minimum atomic E-state index is 0.0163. The molecule has 0 atom stereocenters. The Morgan fingerprint density at radius 3 is 2.64 bits per heavy atom. The molecule has 1 aromatic carbocycles. The summed E-state index contributed by atoms with van der Waals surface area (Å²) in [7, 11) is 0. The predicted molar refractivity (Wildman–Crippen MR) is 56.8 cm³/mol. The third-order valence-electron chi connectivity index (χ3n) is 1.60. The first-order chi connectivity index (χ1) is 6.74. The van der Waals surface area contributed by atoms with E-state index in [2.05, 4.69) is 10.5 Å². The summed E-state index contributed by atoms with van der Waals surface area (Å²) in [5.74, 6) is 4.96. The van der Waals surface area contributed by atoms with Crippen LogP contribution >= 0.6 is 11.8 Å². The van der Waals surface area contributed by atoms with Crippen molar-refractivity contribution in [2.75, 3.05) is 0 Å². The van der Waals surface area contributed by atoms with Crippen molar-refractivity contribution in [1.29, 1.82) is 0 Å². The molecule has 0 bridgehead atoms. The molecule has 0 amide bonds. The topological polar surface area (TPSA) is 79.7 Å². The van der Waals surface area contributed by atoms with Crippen LogP contribution in [0.25, 0.3) is 0 Å². The SMILES string of the molecule is NN=C(N)N(Cl)NCc1ccccc1. The van der Waals surface area contributed by atoms with Crippen LogP contribution in [0.2, 0.25) is 0 Å². The fourth-order valence-electron chi connectivity index (χ4n) is 0.888. The normalized spacial score (nSPS) is 11.4.